The van der Waals surface area contributed by atoms with Crippen LogP contribution < -0.4 is 9.80 Å². The third-order valence-electron chi connectivity index (χ3n) is 3.88. The number of halogens is 1. The third kappa shape index (κ3) is 3.36. The van der Waals surface area contributed by atoms with Gasteiger partial charge in [-0.25, -0.2) is 0 Å². The Morgan fingerprint density at radius 3 is 2.50 bits per heavy atom. The number of thioether (sulfide) groups is 1. The van der Waals surface area contributed by atoms with Crippen LogP contribution in [0.5, 0.6) is 0 Å². The van der Waals surface area contributed by atoms with Gasteiger partial charge in [0.05, 0.1) is 16.3 Å². The van der Waals surface area contributed by atoms with Crippen LogP contribution in [0.4, 0.5) is 11.4 Å². The van der Waals surface area contributed by atoms with Crippen molar-refractivity contribution < 1.29 is 9.90 Å². The Kier molecular flexibility index (Phi) is 5.42. The van der Waals surface area contributed by atoms with Gasteiger partial charge in [-0.2, -0.15) is 0 Å². The lowest BCUT2D eigenvalue weighted by atomic mass is 9.96. The highest BCUT2D eigenvalue weighted by molar-refractivity contribution is 8.05. The van der Waals surface area contributed by atoms with E-state index in [1.54, 1.807) is 4.90 Å². The van der Waals surface area contributed by atoms with Crippen LogP contribution in [0.25, 0.3) is 0 Å². The SMILES string of the molecule is CN(CC(C)(C)C)C(=O)C1=CN2c3ccccc3N(CO)C2S1.Cl. The summed E-state index contributed by atoms with van der Waals surface area (Å²) < 4.78 is 0. The van der Waals surface area contributed by atoms with Gasteiger partial charge in [0.1, 0.15) is 6.73 Å². The van der Waals surface area contributed by atoms with E-state index < -0.39 is 0 Å². The van der Waals surface area contributed by atoms with E-state index >= 15 is 0 Å². The number of carbonyl (C=O) groups excluding carboxylic acids is 1. The number of anilines is 2. The minimum atomic E-state index is -0.0839. The second kappa shape index (κ2) is 6.86. The summed E-state index contributed by atoms with van der Waals surface area (Å²) in [5, 5.41) is 9.71. The van der Waals surface area contributed by atoms with Crippen molar-refractivity contribution in [2.24, 2.45) is 5.41 Å². The van der Waals surface area contributed by atoms with Crippen molar-refractivity contribution in [1.82, 2.24) is 4.90 Å². The molecule has 5 nitrogen and oxygen atoms in total. The van der Waals surface area contributed by atoms with E-state index in [-0.39, 0.29) is 36.0 Å². The molecule has 7 heteroatoms. The highest BCUT2D eigenvalue weighted by atomic mass is 35.5. The summed E-state index contributed by atoms with van der Waals surface area (Å²) in [6.45, 7) is 6.99. The maximum Gasteiger partial charge on any atom is 0.261 e. The Bertz CT molecular complexity index is 659. The number of rotatable bonds is 3. The van der Waals surface area contributed by atoms with Gasteiger partial charge in [-0.15, -0.1) is 12.4 Å². The molecule has 1 atom stereocenters. The highest BCUT2D eigenvalue weighted by Crippen LogP contribution is 2.49. The zero-order valence-electron chi connectivity index (χ0n) is 14.4. The number of aliphatic hydroxyl groups excluding tert-OH is 1. The van der Waals surface area contributed by atoms with Crippen LogP contribution in [-0.4, -0.2) is 41.7 Å². The van der Waals surface area contributed by atoms with Crippen molar-refractivity contribution in [3.05, 3.63) is 35.4 Å². The number of hydrogen-bond acceptors (Lipinski definition) is 5. The average Bonchev–Trinajstić information content (AvgIpc) is 3.01. The summed E-state index contributed by atoms with van der Waals surface area (Å²) in [6, 6.07) is 7.94. The molecule has 24 heavy (non-hydrogen) atoms. The molecule has 0 saturated heterocycles. The summed E-state index contributed by atoms with van der Waals surface area (Å²) in [5.41, 5.74) is 2.01. The summed E-state index contributed by atoms with van der Waals surface area (Å²) in [5.74, 6) is 0.0368. The molecule has 0 fully saturated rings. The van der Waals surface area contributed by atoms with Crippen LogP contribution in [0.15, 0.2) is 35.4 Å². The molecule has 2 aliphatic rings. The molecule has 132 valence electrons. The monoisotopic (exact) mass is 369 g/mol. The zero-order chi connectivity index (χ0) is 16.8. The molecule has 2 heterocycles. The number of likely N-dealkylation sites (N-methyl/N-ethyl adjacent to an activating group) is 1. The average molecular weight is 370 g/mol. The third-order valence-corrected chi connectivity index (χ3v) is 5.11. The van der Waals surface area contributed by atoms with Crippen LogP contribution in [0.3, 0.4) is 0 Å². The Morgan fingerprint density at radius 1 is 1.29 bits per heavy atom. The van der Waals surface area contributed by atoms with E-state index in [9.17, 15) is 9.90 Å². The van der Waals surface area contributed by atoms with Gasteiger partial charge in [-0.1, -0.05) is 44.7 Å². The van der Waals surface area contributed by atoms with E-state index in [0.717, 1.165) is 16.3 Å². The second-order valence-electron chi connectivity index (χ2n) is 7.17. The molecule has 0 aliphatic carbocycles. The second-order valence-corrected chi connectivity index (χ2v) is 8.26. The van der Waals surface area contributed by atoms with Gasteiger partial charge >= 0.3 is 0 Å². The fourth-order valence-electron chi connectivity index (χ4n) is 3.06. The fraction of sp³-hybridized carbons (Fsp3) is 0.471. The minimum absolute atomic E-state index is 0. The van der Waals surface area contributed by atoms with Crippen molar-refractivity contribution in [3.63, 3.8) is 0 Å². The van der Waals surface area contributed by atoms with Crippen LogP contribution in [0, 0.1) is 5.41 Å². The lowest BCUT2D eigenvalue weighted by molar-refractivity contribution is -0.126. The molecule has 3 rings (SSSR count). The molecule has 1 aromatic rings. The topological polar surface area (TPSA) is 47.0 Å². The van der Waals surface area contributed by atoms with Crippen LogP contribution in [0.2, 0.25) is 0 Å². The van der Waals surface area contributed by atoms with Gasteiger partial charge in [0, 0.05) is 19.8 Å². The van der Waals surface area contributed by atoms with Gasteiger partial charge in [-0.3, -0.25) is 4.79 Å². The number of amides is 1. The molecule has 2 aliphatic heterocycles. The quantitative estimate of drug-likeness (QED) is 0.887. The first-order valence-corrected chi connectivity index (χ1v) is 8.58. The predicted molar refractivity (Wildman–Crippen MR) is 102 cm³/mol. The van der Waals surface area contributed by atoms with Gasteiger partial charge in [0.2, 0.25) is 0 Å². The maximum absolute atomic E-state index is 12.7. The van der Waals surface area contributed by atoms with Gasteiger partial charge in [0.15, 0.2) is 5.50 Å². The van der Waals surface area contributed by atoms with Crippen LogP contribution in [-0.2, 0) is 4.79 Å². The predicted octanol–water partition coefficient (Wildman–Crippen LogP) is 3.06. The summed E-state index contributed by atoms with van der Waals surface area (Å²) in [6.07, 6.45) is 1.91. The van der Waals surface area contributed by atoms with Crippen molar-refractivity contribution in [3.8, 4) is 0 Å². The smallest absolute Gasteiger partial charge is 0.261 e. The minimum Gasteiger partial charge on any atom is -0.376 e. The number of nitrogens with zero attached hydrogens (tertiary/aromatic N) is 3. The zero-order valence-corrected chi connectivity index (χ0v) is 16.0. The van der Waals surface area contributed by atoms with E-state index in [1.807, 2.05) is 42.4 Å². The van der Waals surface area contributed by atoms with Crippen molar-refractivity contribution in [2.75, 3.05) is 30.1 Å². The normalized spacial score (nSPS) is 18.7. The van der Waals surface area contributed by atoms with E-state index in [0.29, 0.717) is 6.54 Å². The molecule has 0 radical (unpaired) electrons. The molecule has 0 saturated carbocycles. The van der Waals surface area contributed by atoms with Crippen molar-refractivity contribution >= 4 is 41.5 Å². The highest BCUT2D eigenvalue weighted by Gasteiger charge is 2.41. The first kappa shape index (κ1) is 19.0. The number of carbonyl (C=O) groups is 1. The Morgan fingerprint density at radius 2 is 1.92 bits per heavy atom. The van der Waals surface area contributed by atoms with Crippen molar-refractivity contribution in [1.29, 1.82) is 0 Å². The Hall–Kier alpha value is -1.37. The standard InChI is InChI=1S/C17H23N3O2S.ClH/c1-17(2,3)10-18(4)15(22)14-9-19-12-7-5-6-8-13(12)20(11-21)16(19)23-14;/h5-9,16,21H,10-11H2,1-4H3;1H. The molecule has 1 amide bonds. The maximum atomic E-state index is 12.7. The summed E-state index contributed by atoms with van der Waals surface area (Å²) in [7, 11) is 1.84. The van der Waals surface area contributed by atoms with Gasteiger partial charge in [-0.05, 0) is 17.5 Å². The lowest BCUT2D eigenvalue weighted by Crippen LogP contribution is -2.36. The van der Waals surface area contributed by atoms with Crippen LogP contribution in [0.1, 0.15) is 20.8 Å². The number of para-hydroxylation sites is 2. The molecule has 1 unspecified atom stereocenters. The van der Waals surface area contributed by atoms with Crippen molar-refractivity contribution in [2.45, 2.75) is 26.3 Å². The number of fused-ring (bicyclic) bond motifs is 3. The molecule has 1 aromatic carbocycles. The van der Waals surface area contributed by atoms with Gasteiger partial charge in [0.25, 0.3) is 5.91 Å². The molecule has 0 bridgehead atoms. The first-order valence-electron chi connectivity index (χ1n) is 7.70. The van der Waals surface area contributed by atoms with E-state index in [4.69, 9.17) is 0 Å². The van der Waals surface area contributed by atoms with Gasteiger partial charge < -0.3 is 19.8 Å². The number of benzene rings is 1. The number of aliphatic hydroxyl groups is 1. The Labute approximate surface area is 153 Å². The van der Waals surface area contributed by atoms with E-state index in [1.165, 1.54) is 11.8 Å². The van der Waals surface area contributed by atoms with Crippen LogP contribution >= 0.6 is 24.2 Å². The largest absolute Gasteiger partial charge is 0.376 e. The number of hydrogen-bond donors (Lipinski definition) is 1. The Balaban J connectivity index is 0.00000208. The summed E-state index contributed by atoms with van der Waals surface area (Å²) >= 11 is 1.49. The molecule has 1 N–H and O–H groups in total. The molecular weight excluding hydrogens is 346 g/mol. The molecular formula is C17H24ClN3O2S. The fourth-order valence-corrected chi connectivity index (χ4v) is 4.31. The molecule has 0 spiro atoms. The molecule has 0 aromatic heterocycles. The first-order chi connectivity index (χ1) is 10.8. The summed E-state index contributed by atoms with van der Waals surface area (Å²) in [4.78, 5) is 19.1. The van der Waals surface area contributed by atoms with E-state index in [2.05, 4.69) is 25.7 Å². The lowest BCUT2D eigenvalue weighted by Gasteiger charge is -2.27.